The first-order valence-corrected chi connectivity index (χ1v) is 7.02. The second kappa shape index (κ2) is 8.01. The Balaban J connectivity index is 2.53. The van der Waals surface area contributed by atoms with Crippen molar-refractivity contribution in [2.75, 3.05) is 27.2 Å². The molecule has 114 valence electrons. The zero-order valence-electron chi connectivity index (χ0n) is 12.9. The molecule has 0 saturated heterocycles. The monoisotopic (exact) mass is 282 g/mol. The number of rotatable bonds is 8. The van der Waals surface area contributed by atoms with E-state index in [2.05, 4.69) is 15.3 Å². The highest BCUT2D eigenvalue weighted by Crippen LogP contribution is 2.15. The topological polar surface area (TPSA) is 70.4 Å². The Bertz CT molecular complexity index is 443. The molecule has 1 rings (SSSR count). The molecule has 1 amide bonds. The average Bonchev–Trinajstić information content (AvgIpc) is 2.67. The molecule has 0 fully saturated rings. The normalized spacial score (nSPS) is 11.1. The van der Waals surface area contributed by atoms with E-state index in [1.165, 1.54) is 5.56 Å². The van der Waals surface area contributed by atoms with Crippen LogP contribution in [0.25, 0.3) is 0 Å². The van der Waals surface area contributed by atoms with Crippen molar-refractivity contribution in [3.05, 3.63) is 17.0 Å². The van der Waals surface area contributed by atoms with Crippen LogP contribution in [0.3, 0.4) is 0 Å². The summed E-state index contributed by atoms with van der Waals surface area (Å²) in [6.45, 7) is 6.35. The lowest BCUT2D eigenvalue weighted by atomic mass is 10.2. The zero-order valence-corrected chi connectivity index (χ0v) is 12.9. The van der Waals surface area contributed by atoms with Gasteiger partial charge in [-0.1, -0.05) is 0 Å². The van der Waals surface area contributed by atoms with Crippen LogP contribution in [0.5, 0.6) is 0 Å². The highest BCUT2D eigenvalue weighted by atomic mass is 16.3. The van der Waals surface area contributed by atoms with Gasteiger partial charge in [-0.05, 0) is 33.9 Å². The number of amides is 1. The van der Waals surface area contributed by atoms with Crippen LogP contribution in [0.2, 0.25) is 0 Å². The van der Waals surface area contributed by atoms with Gasteiger partial charge in [0.15, 0.2) is 0 Å². The van der Waals surface area contributed by atoms with Crippen LogP contribution in [0.1, 0.15) is 29.8 Å². The number of hydrogen-bond acceptors (Lipinski definition) is 4. The Kier molecular flexibility index (Phi) is 6.67. The Morgan fingerprint density at radius 1 is 1.45 bits per heavy atom. The molecule has 0 saturated carbocycles. The third-order valence-electron chi connectivity index (χ3n) is 3.49. The lowest BCUT2D eigenvalue weighted by molar-refractivity contribution is -0.120. The molecular formula is C14H26N4O2. The van der Waals surface area contributed by atoms with Crippen molar-refractivity contribution < 1.29 is 9.90 Å². The van der Waals surface area contributed by atoms with Crippen molar-refractivity contribution >= 4 is 5.91 Å². The van der Waals surface area contributed by atoms with Gasteiger partial charge in [-0.25, -0.2) is 0 Å². The Morgan fingerprint density at radius 2 is 2.15 bits per heavy atom. The molecule has 1 heterocycles. The van der Waals surface area contributed by atoms with Crippen molar-refractivity contribution in [1.29, 1.82) is 0 Å². The van der Waals surface area contributed by atoms with Gasteiger partial charge in [0.2, 0.25) is 5.91 Å². The number of carbonyl (C=O) groups excluding carboxylic acids is 1. The quantitative estimate of drug-likeness (QED) is 0.726. The predicted octanol–water partition coefficient (Wildman–Crippen LogP) is 0.450. The van der Waals surface area contributed by atoms with E-state index in [1.54, 1.807) is 7.05 Å². The van der Waals surface area contributed by atoms with E-state index < -0.39 is 0 Å². The lowest BCUT2D eigenvalue weighted by Gasteiger charge is -2.16. The van der Waals surface area contributed by atoms with E-state index in [4.69, 9.17) is 5.11 Å². The Morgan fingerprint density at radius 3 is 2.75 bits per heavy atom. The average molecular weight is 282 g/mol. The molecule has 0 unspecified atom stereocenters. The van der Waals surface area contributed by atoms with Gasteiger partial charge >= 0.3 is 0 Å². The SMILES string of the molecule is CNC(=O)CCCN(C)Cc1c(C)nn(CCO)c1C. The van der Waals surface area contributed by atoms with E-state index in [0.29, 0.717) is 13.0 Å². The smallest absolute Gasteiger partial charge is 0.219 e. The summed E-state index contributed by atoms with van der Waals surface area (Å²) in [5, 5.41) is 16.1. The van der Waals surface area contributed by atoms with Gasteiger partial charge in [0.05, 0.1) is 18.8 Å². The van der Waals surface area contributed by atoms with Crippen LogP contribution >= 0.6 is 0 Å². The fraction of sp³-hybridized carbons (Fsp3) is 0.714. The number of aromatic nitrogens is 2. The van der Waals surface area contributed by atoms with Crippen LogP contribution < -0.4 is 5.32 Å². The van der Waals surface area contributed by atoms with Crippen molar-refractivity contribution in [2.45, 2.75) is 39.8 Å². The van der Waals surface area contributed by atoms with Crippen LogP contribution in [0, 0.1) is 13.8 Å². The molecular weight excluding hydrogens is 256 g/mol. The molecule has 0 spiro atoms. The first kappa shape index (κ1) is 16.7. The molecule has 0 bridgehead atoms. The van der Waals surface area contributed by atoms with E-state index in [1.807, 2.05) is 25.6 Å². The van der Waals surface area contributed by atoms with Crippen LogP contribution in [-0.2, 0) is 17.9 Å². The van der Waals surface area contributed by atoms with Gasteiger partial charge in [0, 0.05) is 31.3 Å². The standard InChI is InChI=1S/C14H26N4O2/c1-11-13(12(2)18(16-11)8-9-19)10-17(4)7-5-6-14(20)15-3/h19H,5-10H2,1-4H3,(H,15,20). The number of nitrogens with zero attached hydrogens (tertiary/aromatic N) is 3. The van der Waals surface area contributed by atoms with Gasteiger partial charge in [0.25, 0.3) is 0 Å². The summed E-state index contributed by atoms with van der Waals surface area (Å²) < 4.78 is 1.85. The summed E-state index contributed by atoms with van der Waals surface area (Å²) >= 11 is 0. The summed E-state index contributed by atoms with van der Waals surface area (Å²) in [6.07, 6.45) is 1.40. The molecule has 2 N–H and O–H groups in total. The van der Waals surface area contributed by atoms with E-state index in [-0.39, 0.29) is 12.5 Å². The maximum atomic E-state index is 11.2. The predicted molar refractivity (Wildman–Crippen MR) is 78.4 cm³/mol. The fourth-order valence-electron chi connectivity index (χ4n) is 2.26. The van der Waals surface area contributed by atoms with Crippen LogP contribution in [-0.4, -0.2) is 52.9 Å². The fourth-order valence-corrected chi connectivity index (χ4v) is 2.26. The van der Waals surface area contributed by atoms with E-state index >= 15 is 0 Å². The lowest BCUT2D eigenvalue weighted by Crippen LogP contribution is -2.23. The highest BCUT2D eigenvalue weighted by Gasteiger charge is 2.13. The number of aryl methyl sites for hydroxylation is 1. The minimum Gasteiger partial charge on any atom is -0.394 e. The number of carbonyl (C=O) groups is 1. The summed E-state index contributed by atoms with van der Waals surface area (Å²) in [7, 11) is 3.71. The minimum absolute atomic E-state index is 0.0847. The zero-order chi connectivity index (χ0) is 15.1. The van der Waals surface area contributed by atoms with E-state index in [0.717, 1.165) is 30.9 Å². The number of hydrogen-bond donors (Lipinski definition) is 2. The molecule has 0 radical (unpaired) electrons. The van der Waals surface area contributed by atoms with Crippen molar-refractivity contribution in [3.63, 3.8) is 0 Å². The molecule has 1 aromatic heterocycles. The summed E-state index contributed by atoms with van der Waals surface area (Å²) in [5.74, 6) is 0.0847. The molecule has 6 heteroatoms. The molecule has 0 aliphatic heterocycles. The second-order valence-electron chi connectivity index (χ2n) is 5.11. The highest BCUT2D eigenvalue weighted by molar-refractivity contribution is 5.75. The Hall–Kier alpha value is -1.40. The molecule has 6 nitrogen and oxygen atoms in total. The van der Waals surface area contributed by atoms with Crippen molar-refractivity contribution in [2.24, 2.45) is 0 Å². The van der Waals surface area contributed by atoms with E-state index in [9.17, 15) is 4.79 Å². The number of aliphatic hydroxyl groups excluding tert-OH is 1. The molecule has 0 atom stereocenters. The van der Waals surface area contributed by atoms with Crippen molar-refractivity contribution in [1.82, 2.24) is 20.0 Å². The van der Waals surface area contributed by atoms with Crippen LogP contribution in [0.15, 0.2) is 0 Å². The summed E-state index contributed by atoms with van der Waals surface area (Å²) in [4.78, 5) is 13.4. The molecule has 0 aliphatic carbocycles. The maximum absolute atomic E-state index is 11.2. The summed E-state index contributed by atoms with van der Waals surface area (Å²) in [6, 6.07) is 0. The third kappa shape index (κ3) is 4.61. The van der Waals surface area contributed by atoms with Gasteiger partial charge in [-0.3, -0.25) is 9.48 Å². The molecule has 0 aromatic carbocycles. The third-order valence-corrected chi connectivity index (χ3v) is 3.49. The van der Waals surface area contributed by atoms with Gasteiger partial charge in [-0.2, -0.15) is 5.10 Å². The molecule has 20 heavy (non-hydrogen) atoms. The van der Waals surface area contributed by atoms with Gasteiger partial charge < -0.3 is 15.3 Å². The van der Waals surface area contributed by atoms with Gasteiger partial charge in [0.1, 0.15) is 0 Å². The maximum Gasteiger partial charge on any atom is 0.219 e. The second-order valence-corrected chi connectivity index (χ2v) is 5.11. The molecule has 1 aromatic rings. The minimum atomic E-state index is 0.0847. The largest absolute Gasteiger partial charge is 0.394 e. The van der Waals surface area contributed by atoms with Gasteiger partial charge in [-0.15, -0.1) is 0 Å². The number of nitrogens with one attached hydrogen (secondary N) is 1. The number of aliphatic hydroxyl groups is 1. The summed E-state index contributed by atoms with van der Waals surface area (Å²) in [5.41, 5.74) is 3.32. The molecule has 0 aliphatic rings. The van der Waals surface area contributed by atoms with Crippen molar-refractivity contribution in [3.8, 4) is 0 Å². The first-order chi connectivity index (χ1) is 9.49. The first-order valence-electron chi connectivity index (χ1n) is 7.02. The van der Waals surface area contributed by atoms with Crippen LogP contribution in [0.4, 0.5) is 0 Å². The Labute approximate surface area is 120 Å².